The summed E-state index contributed by atoms with van der Waals surface area (Å²) >= 11 is 0. The van der Waals surface area contributed by atoms with Gasteiger partial charge in [0.25, 0.3) is 0 Å². The van der Waals surface area contributed by atoms with E-state index in [-0.39, 0.29) is 31.4 Å². The van der Waals surface area contributed by atoms with Gasteiger partial charge in [-0.1, -0.05) is 60.7 Å². The van der Waals surface area contributed by atoms with Gasteiger partial charge in [-0.3, -0.25) is 4.79 Å². The number of aryl methyl sites for hydroxylation is 1. The van der Waals surface area contributed by atoms with Crippen molar-refractivity contribution in [2.45, 2.75) is 18.8 Å². The Balaban J connectivity index is 1.32. The molecule has 0 saturated carbocycles. The minimum atomic E-state index is -1.00. The molecule has 3 aromatic carbocycles. The molecule has 1 aliphatic carbocycles. The number of likely N-dealkylation sites (tertiary alicyclic amines) is 1. The lowest BCUT2D eigenvalue weighted by Crippen LogP contribution is -2.31. The standard InChI is InChI=1S/C27H24FNO4/c1-16-10-11-17(12-25(16)28)22-13-29(14-23(22)26(30)31)27(32)33-15-24-20-8-4-2-6-18(20)19-7-3-5-9-21(19)24/h2-12,22-24H,13-15H2,1H3,(H,30,31). The van der Waals surface area contributed by atoms with E-state index in [2.05, 4.69) is 12.1 Å². The van der Waals surface area contributed by atoms with Crippen molar-refractivity contribution in [3.63, 3.8) is 0 Å². The van der Waals surface area contributed by atoms with Crippen LogP contribution in [0, 0.1) is 18.7 Å². The van der Waals surface area contributed by atoms with E-state index in [0.717, 1.165) is 22.3 Å². The first-order valence-corrected chi connectivity index (χ1v) is 11.0. The van der Waals surface area contributed by atoms with Gasteiger partial charge in [-0.2, -0.15) is 0 Å². The average molecular weight is 445 g/mol. The van der Waals surface area contributed by atoms with Gasteiger partial charge in [0.15, 0.2) is 0 Å². The first kappa shape index (κ1) is 21.2. The van der Waals surface area contributed by atoms with E-state index in [4.69, 9.17) is 4.74 Å². The molecular weight excluding hydrogens is 421 g/mol. The number of hydrogen-bond acceptors (Lipinski definition) is 3. The van der Waals surface area contributed by atoms with Crippen LogP contribution in [0.1, 0.15) is 34.1 Å². The number of aliphatic carboxylic acids is 1. The Morgan fingerprint density at radius 2 is 1.64 bits per heavy atom. The summed E-state index contributed by atoms with van der Waals surface area (Å²) in [6, 6.07) is 20.9. The van der Waals surface area contributed by atoms with Crippen molar-refractivity contribution in [1.29, 1.82) is 0 Å². The summed E-state index contributed by atoms with van der Waals surface area (Å²) < 4.78 is 19.8. The normalized spacial score (nSPS) is 19.3. The van der Waals surface area contributed by atoms with Gasteiger partial charge in [0, 0.05) is 24.9 Å². The van der Waals surface area contributed by atoms with Gasteiger partial charge in [-0.25, -0.2) is 9.18 Å². The van der Waals surface area contributed by atoms with E-state index in [1.165, 1.54) is 11.0 Å². The Morgan fingerprint density at radius 3 is 2.24 bits per heavy atom. The predicted octanol–water partition coefficient (Wildman–Crippen LogP) is 5.18. The number of halogens is 1. The third kappa shape index (κ3) is 3.75. The molecule has 1 N–H and O–H groups in total. The Kier molecular flexibility index (Phi) is 5.36. The molecule has 33 heavy (non-hydrogen) atoms. The van der Waals surface area contributed by atoms with Crippen LogP contribution < -0.4 is 0 Å². The smallest absolute Gasteiger partial charge is 0.409 e. The van der Waals surface area contributed by atoms with Crippen LogP contribution in [0.4, 0.5) is 9.18 Å². The Hall–Kier alpha value is -3.67. The average Bonchev–Trinajstić information content (AvgIpc) is 3.40. The van der Waals surface area contributed by atoms with Crippen molar-refractivity contribution >= 4 is 12.1 Å². The SMILES string of the molecule is Cc1ccc(C2CN(C(=O)OCC3c4ccccc4-c4ccccc43)CC2C(=O)O)cc1F. The summed E-state index contributed by atoms with van der Waals surface area (Å²) in [5.41, 5.74) is 5.59. The van der Waals surface area contributed by atoms with Crippen LogP contribution in [0.3, 0.4) is 0 Å². The highest BCUT2D eigenvalue weighted by Gasteiger charge is 2.41. The molecule has 0 spiro atoms. The van der Waals surface area contributed by atoms with E-state index >= 15 is 0 Å². The summed E-state index contributed by atoms with van der Waals surface area (Å²) in [6.45, 7) is 2.04. The molecule has 1 amide bonds. The lowest BCUT2D eigenvalue weighted by Gasteiger charge is -2.19. The molecule has 2 aliphatic rings. The van der Waals surface area contributed by atoms with E-state index in [9.17, 15) is 19.1 Å². The van der Waals surface area contributed by atoms with E-state index in [0.29, 0.717) is 11.1 Å². The number of nitrogens with zero attached hydrogens (tertiary/aromatic N) is 1. The molecule has 5 nitrogen and oxygen atoms in total. The topological polar surface area (TPSA) is 66.8 Å². The zero-order valence-corrected chi connectivity index (χ0v) is 18.2. The number of amides is 1. The van der Waals surface area contributed by atoms with Crippen molar-refractivity contribution in [3.05, 3.63) is 94.8 Å². The molecule has 1 heterocycles. The number of carboxylic acid groups (broad SMARTS) is 1. The predicted molar refractivity (Wildman–Crippen MR) is 122 cm³/mol. The summed E-state index contributed by atoms with van der Waals surface area (Å²) in [4.78, 5) is 26.2. The van der Waals surface area contributed by atoms with Gasteiger partial charge >= 0.3 is 12.1 Å². The molecule has 1 saturated heterocycles. The lowest BCUT2D eigenvalue weighted by molar-refractivity contribution is -0.141. The van der Waals surface area contributed by atoms with Crippen LogP contribution in [0.5, 0.6) is 0 Å². The monoisotopic (exact) mass is 445 g/mol. The quantitative estimate of drug-likeness (QED) is 0.601. The van der Waals surface area contributed by atoms with Gasteiger partial charge in [-0.05, 0) is 46.4 Å². The molecule has 2 atom stereocenters. The van der Waals surface area contributed by atoms with Crippen LogP contribution in [0.25, 0.3) is 11.1 Å². The summed E-state index contributed by atoms with van der Waals surface area (Å²) in [6.07, 6.45) is -0.543. The molecule has 1 aliphatic heterocycles. The van der Waals surface area contributed by atoms with Crippen LogP contribution in [-0.4, -0.2) is 41.8 Å². The fraction of sp³-hybridized carbons (Fsp3) is 0.259. The molecular formula is C27H24FNO4. The third-order valence-electron chi connectivity index (χ3n) is 6.86. The first-order chi connectivity index (χ1) is 15.9. The second-order valence-electron chi connectivity index (χ2n) is 8.77. The molecule has 2 unspecified atom stereocenters. The van der Waals surface area contributed by atoms with Crippen LogP contribution in [0.2, 0.25) is 0 Å². The maximum absolute atomic E-state index is 14.1. The maximum Gasteiger partial charge on any atom is 0.409 e. The first-order valence-electron chi connectivity index (χ1n) is 11.0. The molecule has 0 bridgehead atoms. The molecule has 0 radical (unpaired) electrons. The molecule has 3 aromatic rings. The number of fused-ring (bicyclic) bond motifs is 3. The highest BCUT2D eigenvalue weighted by Crippen LogP contribution is 2.44. The molecule has 6 heteroatoms. The number of ether oxygens (including phenoxy) is 1. The molecule has 5 rings (SSSR count). The van der Waals surface area contributed by atoms with Gasteiger partial charge < -0.3 is 14.7 Å². The van der Waals surface area contributed by atoms with Crippen molar-refractivity contribution in [2.75, 3.05) is 19.7 Å². The number of hydrogen-bond donors (Lipinski definition) is 1. The number of benzene rings is 3. The molecule has 1 fully saturated rings. The second-order valence-corrected chi connectivity index (χ2v) is 8.77. The number of rotatable bonds is 4. The zero-order chi connectivity index (χ0) is 23.1. The van der Waals surface area contributed by atoms with Crippen LogP contribution in [0.15, 0.2) is 66.7 Å². The van der Waals surface area contributed by atoms with Crippen molar-refractivity contribution < 1.29 is 23.8 Å². The number of carbonyl (C=O) groups excluding carboxylic acids is 1. The fourth-order valence-corrected chi connectivity index (χ4v) is 5.07. The highest BCUT2D eigenvalue weighted by atomic mass is 19.1. The molecule has 168 valence electrons. The minimum absolute atomic E-state index is 0.0339. The van der Waals surface area contributed by atoms with Crippen molar-refractivity contribution in [3.8, 4) is 11.1 Å². The van der Waals surface area contributed by atoms with Gasteiger partial charge in [0.2, 0.25) is 0 Å². The maximum atomic E-state index is 14.1. The number of carbonyl (C=O) groups is 2. The second kappa shape index (κ2) is 8.35. The zero-order valence-electron chi connectivity index (χ0n) is 18.2. The number of carboxylic acids is 1. The van der Waals surface area contributed by atoms with Gasteiger partial charge in [-0.15, -0.1) is 0 Å². The molecule has 0 aromatic heterocycles. The Bertz CT molecular complexity index is 1190. The van der Waals surface area contributed by atoms with E-state index in [1.54, 1.807) is 19.1 Å². The van der Waals surface area contributed by atoms with Crippen LogP contribution >= 0.6 is 0 Å². The summed E-state index contributed by atoms with van der Waals surface area (Å²) in [5.74, 6) is -2.75. The van der Waals surface area contributed by atoms with E-state index < -0.39 is 23.9 Å². The van der Waals surface area contributed by atoms with Gasteiger partial charge in [0.1, 0.15) is 12.4 Å². The van der Waals surface area contributed by atoms with Crippen LogP contribution in [-0.2, 0) is 9.53 Å². The summed E-state index contributed by atoms with van der Waals surface area (Å²) in [7, 11) is 0. The van der Waals surface area contributed by atoms with Crippen molar-refractivity contribution in [1.82, 2.24) is 4.90 Å². The Labute approximate surface area is 191 Å². The lowest BCUT2D eigenvalue weighted by atomic mass is 9.88. The van der Waals surface area contributed by atoms with Gasteiger partial charge in [0.05, 0.1) is 5.92 Å². The fourth-order valence-electron chi connectivity index (χ4n) is 5.07. The third-order valence-corrected chi connectivity index (χ3v) is 6.86. The summed E-state index contributed by atoms with van der Waals surface area (Å²) in [5, 5.41) is 9.72. The van der Waals surface area contributed by atoms with E-state index in [1.807, 2.05) is 36.4 Å². The minimum Gasteiger partial charge on any atom is -0.481 e. The highest BCUT2D eigenvalue weighted by molar-refractivity contribution is 5.79. The largest absolute Gasteiger partial charge is 0.481 e. The van der Waals surface area contributed by atoms with Crippen molar-refractivity contribution in [2.24, 2.45) is 5.92 Å². The Morgan fingerprint density at radius 1 is 1.00 bits per heavy atom.